The molecule has 0 aliphatic carbocycles. The summed E-state index contributed by atoms with van der Waals surface area (Å²) in [7, 11) is 0. The van der Waals surface area contributed by atoms with Crippen molar-refractivity contribution in [3.05, 3.63) is 72.6 Å². The Labute approximate surface area is 165 Å². The zero-order valence-electron chi connectivity index (χ0n) is 16.2. The fourth-order valence-electron chi connectivity index (χ4n) is 3.81. The number of nitrogens with zero attached hydrogens (tertiary/aromatic N) is 3. The van der Waals surface area contributed by atoms with Crippen molar-refractivity contribution >= 4 is 16.9 Å². The van der Waals surface area contributed by atoms with Crippen LogP contribution in [0.15, 0.2) is 61.2 Å². The Hall–Kier alpha value is -3.08. The highest BCUT2D eigenvalue weighted by molar-refractivity contribution is 5.81. The molecule has 1 atom stereocenters. The Bertz CT molecular complexity index is 991. The molecule has 0 N–H and O–H groups in total. The summed E-state index contributed by atoms with van der Waals surface area (Å²) in [5.41, 5.74) is 3.26. The number of ether oxygens (including phenoxy) is 1. The van der Waals surface area contributed by atoms with Crippen LogP contribution in [0.2, 0.25) is 0 Å². The Balaban J connectivity index is 1.56. The van der Waals surface area contributed by atoms with Crippen LogP contribution in [0.5, 0.6) is 5.75 Å². The molecule has 1 aliphatic heterocycles. The highest BCUT2D eigenvalue weighted by Crippen LogP contribution is 2.30. The molecule has 5 nitrogen and oxygen atoms in total. The van der Waals surface area contributed by atoms with E-state index < -0.39 is 0 Å². The largest absolute Gasteiger partial charge is 0.492 e. The lowest BCUT2D eigenvalue weighted by molar-refractivity contribution is -0.127. The number of imidazole rings is 1. The van der Waals surface area contributed by atoms with Crippen LogP contribution in [-0.2, 0) is 11.3 Å². The maximum atomic E-state index is 12.3. The van der Waals surface area contributed by atoms with Crippen molar-refractivity contribution in [3.8, 4) is 5.75 Å². The van der Waals surface area contributed by atoms with E-state index in [0.29, 0.717) is 32.7 Å². The summed E-state index contributed by atoms with van der Waals surface area (Å²) in [4.78, 5) is 19.0. The minimum absolute atomic E-state index is 0.0965. The molecule has 0 spiro atoms. The van der Waals surface area contributed by atoms with Gasteiger partial charge in [-0.2, -0.15) is 0 Å². The van der Waals surface area contributed by atoms with Crippen LogP contribution in [0.3, 0.4) is 0 Å². The second kappa shape index (κ2) is 7.89. The number of aromatic nitrogens is 2. The van der Waals surface area contributed by atoms with Gasteiger partial charge < -0.3 is 14.2 Å². The van der Waals surface area contributed by atoms with Gasteiger partial charge in [-0.3, -0.25) is 4.79 Å². The van der Waals surface area contributed by atoms with E-state index in [1.165, 1.54) is 5.56 Å². The number of likely N-dealkylation sites (tertiary alicyclic amines) is 1. The lowest BCUT2D eigenvalue weighted by Gasteiger charge is -2.16. The smallest absolute Gasteiger partial charge is 0.223 e. The minimum atomic E-state index is 0.0965. The lowest BCUT2D eigenvalue weighted by atomic mass is 10.1. The molecule has 4 rings (SSSR count). The fraction of sp³-hybridized carbons (Fsp3) is 0.304. The third-order valence-corrected chi connectivity index (χ3v) is 5.22. The van der Waals surface area contributed by atoms with Crippen molar-refractivity contribution in [3.63, 3.8) is 0 Å². The van der Waals surface area contributed by atoms with Crippen LogP contribution < -0.4 is 4.74 Å². The molecule has 1 aromatic heterocycles. The molecule has 2 heterocycles. The highest BCUT2D eigenvalue weighted by atomic mass is 16.5. The Morgan fingerprint density at radius 2 is 2.00 bits per heavy atom. The number of amides is 1. The summed E-state index contributed by atoms with van der Waals surface area (Å²) in [6, 6.07) is 16.2. The second-order valence-electron chi connectivity index (χ2n) is 7.26. The van der Waals surface area contributed by atoms with Crippen LogP contribution in [0, 0.1) is 6.92 Å². The minimum Gasteiger partial charge on any atom is -0.492 e. The number of aryl methyl sites for hydroxylation is 1. The second-order valence-corrected chi connectivity index (χ2v) is 7.26. The van der Waals surface area contributed by atoms with Gasteiger partial charge in [-0.05, 0) is 31.2 Å². The first-order valence-electron chi connectivity index (χ1n) is 9.69. The molecule has 0 radical (unpaired) electrons. The van der Waals surface area contributed by atoms with Gasteiger partial charge in [0.15, 0.2) is 0 Å². The van der Waals surface area contributed by atoms with E-state index >= 15 is 0 Å². The lowest BCUT2D eigenvalue weighted by Crippen LogP contribution is -2.25. The van der Waals surface area contributed by atoms with Gasteiger partial charge in [0.05, 0.1) is 17.6 Å². The maximum Gasteiger partial charge on any atom is 0.223 e. The molecular formula is C23H25N3O2. The molecule has 1 amide bonds. The third-order valence-electron chi connectivity index (χ3n) is 5.22. The number of hydrogen-bond acceptors (Lipinski definition) is 3. The summed E-state index contributed by atoms with van der Waals surface area (Å²) in [6.07, 6.45) is 2.27. The molecule has 1 aliphatic rings. The molecular weight excluding hydrogens is 350 g/mol. The molecule has 2 aromatic carbocycles. The molecule has 28 heavy (non-hydrogen) atoms. The molecule has 5 heteroatoms. The molecule has 0 unspecified atom stereocenters. The number of benzene rings is 2. The monoisotopic (exact) mass is 375 g/mol. The van der Waals surface area contributed by atoms with E-state index in [0.717, 1.165) is 22.6 Å². The van der Waals surface area contributed by atoms with Gasteiger partial charge in [0.1, 0.15) is 18.2 Å². The van der Waals surface area contributed by atoms with Gasteiger partial charge >= 0.3 is 0 Å². The van der Waals surface area contributed by atoms with E-state index in [2.05, 4.69) is 24.1 Å². The van der Waals surface area contributed by atoms with Gasteiger partial charge in [0.2, 0.25) is 5.91 Å². The topological polar surface area (TPSA) is 47.4 Å². The van der Waals surface area contributed by atoms with E-state index in [4.69, 9.17) is 9.72 Å². The molecule has 0 bridgehead atoms. The quantitative estimate of drug-likeness (QED) is 0.588. The Morgan fingerprint density at radius 1 is 1.21 bits per heavy atom. The van der Waals surface area contributed by atoms with E-state index in [1.54, 1.807) is 6.08 Å². The Morgan fingerprint density at radius 3 is 2.79 bits per heavy atom. The van der Waals surface area contributed by atoms with Crippen molar-refractivity contribution in [1.82, 2.24) is 14.5 Å². The third kappa shape index (κ3) is 3.65. The van der Waals surface area contributed by atoms with Crippen molar-refractivity contribution in [2.45, 2.75) is 25.8 Å². The van der Waals surface area contributed by atoms with E-state index in [9.17, 15) is 4.79 Å². The van der Waals surface area contributed by atoms with Crippen molar-refractivity contribution in [1.29, 1.82) is 0 Å². The van der Waals surface area contributed by atoms with E-state index in [1.807, 2.05) is 47.4 Å². The number of para-hydroxylation sites is 2. The SMILES string of the molecule is C=CCN1C[C@@H](c2nc3ccccc3n2CCOc2ccc(C)cc2)CC1=O. The predicted molar refractivity (Wildman–Crippen MR) is 111 cm³/mol. The molecule has 1 fully saturated rings. The average Bonchev–Trinajstić information content (AvgIpc) is 3.25. The first-order chi connectivity index (χ1) is 13.7. The van der Waals surface area contributed by atoms with Crippen LogP contribution >= 0.6 is 0 Å². The summed E-state index contributed by atoms with van der Waals surface area (Å²) in [6.45, 7) is 8.33. The number of fused-ring (bicyclic) bond motifs is 1. The average molecular weight is 375 g/mol. The number of rotatable bonds is 7. The summed E-state index contributed by atoms with van der Waals surface area (Å²) < 4.78 is 8.15. The molecule has 1 saturated heterocycles. The summed E-state index contributed by atoms with van der Waals surface area (Å²) in [5, 5.41) is 0. The van der Waals surface area contributed by atoms with Crippen molar-refractivity contribution < 1.29 is 9.53 Å². The number of carbonyl (C=O) groups excluding carboxylic acids is 1. The first-order valence-corrected chi connectivity index (χ1v) is 9.69. The van der Waals surface area contributed by atoms with Crippen molar-refractivity contribution in [2.75, 3.05) is 19.7 Å². The van der Waals surface area contributed by atoms with Crippen LogP contribution in [0.25, 0.3) is 11.0 Å². The van der Waals surface area contributed by atoms with Crippen LogP contribution in [0.4, 0.5) is 0 Å². The standard InChI is InChI=1S/C23H25N3O2/c1-3-12-25-16-18(15-22(25)27)23-24-20-6-4-5-7-21(20)26(23)13-14-28-19-10-8-17(2)9-11-19/h3-11,18H,1,12-16H2,2H3/t18-/m0/s1. The van der Waals surface area contributed by atoms with Crippen molar-refractivity contribution in [2.24, 2.45) is 0 Å². The maximum absolute atomic E-state index is 12.3. The number of hydrogen-bond donors (Lipinski definition) is 0. The van der Waals surface area contributed by atoms with E-state index in [-0.39, 0.29) is 11.8 Å². The van der Waals surface area contributed by atoms with Gasteiger partial charge in [-0.1, -0.05) is 35.9 Å². The zero-order chi connectivity index (χ0) is 19.5. The summed E-state index contributed by atoms with van der Waals surface area (Å²) in [5.74, 6) is 2.09. The van der Waals surface area contributed by atoms with Gasteiger partial charge in [0, 0.05) is 25.4 Å². The highest BCUT2D eigenvalue weighted by Gasteiger charge is 2.33. The van der Waals surface area contributed by atoms with Gasteiger partial charge in [-0.25, -0.2) is 4.98 Å². The van der Waals surface area contributed by atoms with Crippen LogP contribution in [-0.4, -0.2) is 40.1 Å². The van der Waals surface area contributed by atoms with Gasteiger partial charge in [0.25, 0.3) is 0 Å². The summed E-state index contributed by atoms with van der Waals surface area (Å²) >= 11 is 0. The zero-order valence-corrected chi connectivity index (χ0v) is 16.2. The molecule has 144 valence electrons. The normalized spacial score (nSPS) is 16.7. The first kappa shape index (κ1) is 18.3. The fourth-order valence-corrected chi connectivity index (χ4v) is 3.81. The molecule has 0 saturated carbocycles. The van der Waals surface area contributed by atoms with Crippen LogP contribution in [0.1, 0.15) is 23.7 Å². The molecule has 3 aromatic rings. The van der Waals surface area contributed by atoms with Gasteiger partial charge in [-0.15, -0.1) is 6.58 Å². The number of carbonyl (C=O) groups is 1. The Kier molecular flexibility index (Phi) is 5.15. The predicted octanol–water partition coefficient (Wildman–Crippen LogP) is 3.93.